The average Bonchev–Trinajstić information content (AvgIpc) is 2.61. The fraction of sp³-hybridized carbons (Fsp3) is 0.100. The molecule has 0 atom stereocenters. The second kappa shape index (κ2) is 6.84. The average molecular weight is 315 g/mol. The lowest BCUT2D eigenvalue weighted by molar-refractivity contribution is -0.114. The summed E-state index contributed by atoms with van der Waals surface area (Å²) in [4.78, 5) is 14.2. The van der Waals surface area contributed by atoms with Crippen molar-refractivity contribution < 1.29 is 4.79 Å². The molecule has 3 aromatic carbocycles. The van der Waals surface area contributed by atoms with Crippen LogP contribution >= 0.6 is 0 Å². The molecule has 1 N–H and O–H groups in total. The molecule has 3 aromatic rings. The fourth-order valence-electron chi connectivity index (χ4n) is 2.60. The Labute approximate surface area is 140 Å². The van der Waals surface area contributed by atoms with Crippen LogP contribution in [0.15, 0.2) is 66.7 Å². The minimum Gasteiger partial charge on any atom is -0.365 e. The van der Waals surface area contributed by atoms with Gasteiger partial charge in [0.25, 0.3) is 0 Å². The van der Waals surface area contributed by atoms with Gasteiger partial charge in [-0.2, -0.15) is 5.26 Å². The number of carbonyl (C=O) groups excluding carboxylic acids is 1. The van der Waals surface area contributed by atoms with Gasteiger partial charge in [0.15, 0.2) is 0 Å². The van der Waals surface area contributed by atoms with E-state index in [-0.39, 0.29) is 12.5 Å². The number of anilines is 2. The van der Waals surface area contributed by atoms with Crippen molar-refractivity contribution in [2.45, 2.75) is 0 Å². The van der Waals surface area contributed by atoms with Gasteiger partial charge in [-0.1, -0.05) is 42.5 Å². The molecule has 0 aliphatic heterocycles. The summed E-state index contributed by atoms with van der Waals surface area (Å²) in [5, 5.41) is 14.2. The van der Waals surface area contributed by atoms with Gasteiger partial charge in [-0.05, 0) is 35.0 Å². The first-order valence-corrected chi connectivity index (χ1v) is 7.66. The van der Waals surface area contributed by atoms with Gasteiger partial charge in [0.05, 0.1) is 17.8 Å². The molecule has 0 saturated heterocycles. The summed E-state index contributed by atoms with van der Waals surface area (Å²) in [6, 6.07) is 23.3. The lowest BCUT2D eigenvalue weighted by atomic mass is 10.1. The van der Waals surface area contributed by atoms with E-state index in [2.05, 4.69) is 29.6 Å². The Hall–Kier alpha value is -3.32. The Morgan fingerprint density at radius 1 is 1.04 bits per heavy atom. The third-order valence-corrected chi connectivity index (χ3v) is 3.88. The highest BCUT2D eigenvalue weighted by atomic mass is 16.2. The number of nitrogens with one attached hydrogen (secondary N) is 1. The van der Waals surface area contributed by atoms with E-state index in [9.17, 15) is 4.79 Å². The van der Waals surface area contributed by atoms with Gasteiger partial charge in [-0.15, -0.1) is 0 Å². The molecule has 0 bridgehead atoms. The quantitative estimate of drug-likeness (QED) is 0.797. The molecule has 0 aliphatic carbocycles. The molecule has 0 unspecified atom stereocenters. The summed E-state index contributed by atoms with van der Waals surface area (Å²) in [5.41, 5.74) is 1.97. The predicted octanol–water partition coefficient (Wildman–Crippen LogP) is 3.79. The SMILES string of the molecule is CN(CC(=O)Nc1ccccc1C#N)c1ccc2ccccc2c1. The van der Waals surface area contributed by atoms with Crippen LogP contribution in [-0.4, -0.2) is 19.5 Å². The molecule has 0 saturated carbocycles. The zero-order valence-electron chi connectivity index (χ0n) is 13.4. The first kappa shape index (κ1) is 15.6. The van der Waals surface area contributed by atoms with Crippen LogP contribution in [0.2, 0.25) is 0 Å². The molecular formula is C20H17N3O. The summed E-state index contributed by atoms with van der Waals surface area (Å²) in [6.07, 6.45) is 0. The number of nitrogens with zero attached hydrogens (tertiary/aromatic N) is 2. The zero-order chi connectivity index (χ0) is 16.9. The molecule has 0 radical (unpaired) electrons. The number of hydrogen-bond acceptors (Lipinski definition) is 3. The van der Waals surface area contributed by atoms with E-state index in [4.69, 9.17) is 5.26 Å². The van der Waals surface area contributed by atoms with E-state index >= 15 is 0 Å². The monoisotopic (exact) mass is 315 g/mol. The molecule has 4 heteroatoms. The Balaban J connectivity index is 1.72. The smallest absolute Gasteiger partial charge is 0.243 e. The number of likely N-dealkylation sites (N-methyl/N-ethyl adjacent to an activating group) is 1. The molecule has 0 heterocycles. The summed E-state index contributed by atoms with van der Waals surface area (Å²) in [5.74, 6) is -0.159. The van der Waals surface area contributed by atoms with Crippen molar-refractivity contribution >= 4 is 28.1 Å². The number of benzene rings is 3. The second-order valence-electron chi connectivity index (χ2n) is 5.59. The van der Waals surface area contributed by atoms with Gasteiger partial charge in [-0.25, -0.2) is 0 Å². The van der Waals surface area contributed by atoms with Gasteiger partial charge < -0.3 is 10.2 Å². The van der Waals surface area contributed by atoms with Crippen molar-refractivity contribution in [3.05, 3.63) is 72.3 Å². The molecule has 1 amide bonds. The Kier molecular flexibility index (Phi) is 4.44. The third kappa shape index (κ3) is 3.36. The number of para-hydroxylation sites is 1. The molecule has 118 valence electrons. The zero-order valence-corrected chi connectivity index (χ0v) is 13.4. The van der Waals surface area contributed by atoms with Crippen molar-refractivity contribution in [3.63, 3.8) is 0 Å². The van der Waals surface area contributed by atoms with Gasteiger partial charge >= 0.3 is 0 Å². The second-order valence-corrected chi connectivity index (χ2v) is 5.59. The van der Waals surface area contributed by atoms with E-state index in [1.165, 1.54) is 5.39 Å². The minimum atomic E-state index is -0.159. The van der Waals surface area contributed by atoms with Gasteiger partial charge in [-0.3, -0.25) is 4.79 Å². The van der Waals surface area contributed by atoms with E-state index in [0.29, 0.717) is 11.3 Å². The highest BCUT2D eigenvalue weighted by Gasteiger charge is 2.10. The van der Waals surface area contributed by atoms with Crippen LogP contribution in [0.4, 0.5) is 11.4 Å². The Bertz CT molecular complexity index is 927. The maximum atomic E-state index is 12.3. The molecule has 4 nitrogen and oxygen atoms in total. The number of fused-ring (bicyclic) bond motifs is 1. The first-order valence-electron chi connectivity index (χ1n) is 7.66. The molecule has 0 aliphatic rings. The first-order chi connectivity index (χ1) is 11.7. The minimum absolute atomic E-state index is 0.159. The summed E-state index contributed by atoms with van der Waals surface area (Å²) in [7, 11) is 1.87. The highest BCUT2D eigenvalue weighted by molar-refractivity contribution is 5.95. The summed E-state index contributed by atoms with van der Waals surface area (Å²) in [6.45, 7) is 0.206. The maximum absolute atomic E-state index is 12.3. The van der Waals surface area contributed by atoms with Crippen LogP contribution in [-0.2, 0) is 4.79 Å². The number of rotatable bonds is 4. The highest BCUT2D eigenvalue weighted by Crippen LogP contribution is 2.21. The van der Waals surface area contributed by atoms with Gasteiger partial charge in [0.1, 0.15) is 6.07 Å². The maximum Gasteiger partial charge on any atom is 0.243 e. The van der Waals surface area contributed by atoms with E-state index in [0.717, 1.165) is 11.1 Å². The lowest BCUT2D eigenvalue weighted by Crippen LogP contribution is -2.30. The lowest BCUT2D eigenvalue weighted by Gasteiger charge is -2.19. The van der Waals surface area contributed by atoms with E-state index < -0.39 is 0 Å². The van der Waals surface area contributed by atoms with Crippen molar-refractivity contribution in [1.29, 1.82) is 5.26 Å². The topological polar surface area (TPSA) is 56.1 Å². The molecule has 0 aromatic heterocycles. The van der Waals surface area contributed by atoms with E-state index in [1.54, 1.807) is 24.3 Å². The van der Waals surface area contributed by atoms with E-state index in [1.807, 2.05) is 36.2 Å². The Morgan fingerprint density at radius 2 is 1.75 bits per heavy atom. The molecule has 24 heavy (non-hydrogen) atoms. The van der Waals surface area contributed by atoms with Crippen molar-refractivity contribution in [1.82, 2.24) is 0 Å². The van der Waals surface area contributed by atoms with Crippen LogP contribution in [0.1, 0.15) is 5.56 Å². The largest absolute Gasteiger partial charge is 0.365 e. The normalized spacial score (nSPS) is 10.2. The van der Waals surface area contributed by atoms with Gasteiger partial charge in [0.2, 0.25) is 5.91 Å². The molecular weight excluding hydrogens is 298 g/mol. The van der Waals surface area contributed by atoms with Crippen LogP contribution in [0.3, 0.4) is 0 Å². The van der Waals surface area contributed by atoms with Crippen molar-refractivity contribution in [2.24, 2.45) is 0 Å². The number of nitriles is 1. The molecule has 3 rings (SSSR count). The van der Waals surface area contributed by atoms with Crippen LogP contribution in [0, 0.1) is 11.3 Å². The van der Waals surface area contributed by atoms with Crippen LogP contribution in [0.25, 0.3) is 10.8 Å². The fourth-order valence-corrected chi connectivity index (χ4v) is 2.60. The predicted molar refractivity (Wildman–Crippen MR) is 97.0 cm³/mol. The Morgan fingerprint density at radius 3 is 2.54 bits per heavy atom. The molecule has 0 fully saturated rings. The van der Waals surface area contributed by atoms with Gasteiger partial charge in [0, 0.05) is 12.7 Å². The van der Waals surface area contributed by atoms with Crippen LogP contribution in [0.5, 0.6) is 0 Å². The molecule has 0 spiro atoms. The standard InChI is InChI=1S/C20H17N3O/c1-23(18-11-10-15-6-2-3-7-16(15)12-18)14-20(24)22-19-9-5-4-8-17(19)13-21/h2-12H,14H2,1H3,(H,22,24). The number of hydrogen-bond donors (Lipinski definition) is 1. The summed E-state index contributed by atoms with van der Waals surface area (Å²) >= 11 is 0. The van der Waals surface area contributed by atoms with Crippen molar-refractivity contribution in [3.8, 4) is 6.07 Å². The summed E-state index contributed by atoms with van der Waals surface area (Å²) < 4.78 is 0. The van der Waals surface area contributed by atoms with Crippen molar-refractivity contribution in [2.75, 3.05) is 23.8 Å². The van der Waals surface area contributed by atoms with Crippen LogP contribution < -0.4 is 10.2 Å². The number of carbonyl (C=O) groups is 1. The third-order valence-electron chi connectivity index (χ3n) is 3.88. The number of amides is 1.